The summed E-state index contributed by atoms with van der Waals surface area (Å²) in [6.07, 6.45) is -2.58. The van der Waals surface area contributed by atoms with E-state index < -0.39 is 23.4 Å². The van der Waals surface area contributed by atoms with Gasteiger partial charge in [0, 0.05) is 29.8 Å². The van der Waals surface area contributed by atoms with Gasteiger partial charge >= 0.3 is 12.3 Å². The Kier molecular flexibility index (Phi) is 5.86. The summed E-state index contributed by atoms with van der Waals surface area (Å²) in [4.78, 5) is 17.3. The highest BCUT2D eigenvalue weighted by atomic mass is 79.9. The fraction of sp³-hybridized carbons (Fsp3) is 0.625. The van der Waals surface area contributed by atoms with Crippen LogP contribution in [0.1, 0.15) is 39.2 Å². The highest BCUT2D eigenvalue weighted by molar-refractivity contribution is 9.10. The van der Waals surface area contributed by atoms with E-state index in [1.54, 1.807) is 25.7 Å². The van der Waals surface area contributed by atoms with Gasteiger partial charge in [-0.25, -0.2) is 9.78 Å². The molecule has 1 aromatic rings. The Bertz CT molecular complexity index is 624. The van der Waals surface area contributed by atoms with Crippen molar-refractivity contribution in [2.75, 3.05) is 18.0 Å². The molecule has 1 saturated heterocycles. The molecule has 0 saturated carbocycles. The summed E-state index contributed by atoms with van der Waals surface area (Å²) >= 11 is 3.03. The molecule has 0 spiro atoms. The van der Waals surface area contributed by atoms with Gasteiger partial charge in [0.25, 0.3) is 0 Å². The summed E-state index contributed by atoms with van der Waals surface area (Å²) in [5, 5.41) is 2.76. The molecule has 0 aliphatic carbocycles. The SMILES string of the molecule is CC(C)(C)OC(=O)NC1CCN(c2ncc(Br)cc2C(F)(F)F)CC1. The van der Waals surface area contributed by atoms with E-state index in [0.717, 1.165) is 6.07 Å². The fourth-order valence-electron chi connectivity index (χ4n) is 2.60. The Morgan fingerprint density at radius 1 is 1.32 bits per heavy atom. The van der Waals surface area contributed by atoms with Crippen LogP contribution in [0.2, 0.25) is 0 Å². The third-order valence-electron chi connectivity index (χ3n) is 3.65. The Hall–Kier alpha value is -1.51. The molecule has 2 rings (SSSR count). The summed E-state index contributed by atoms with van der Waals surface area (Å²) in [5.41, 5.74) is -1.35. The van der Waals surface area contributed by atoms with Crippen LogP contribution in [0.25, 0.3) is 0 Å². The first-order valence-electron chi connectivity index (χ1n) is 7.93. The van der Waals surface area contributed by atoms with Crippen LogP contribution >= 0.6 is 15.9 Å². The molecule has 2 heterocycles. The Labute approximate surface area is 153 Å². The standard InChI is InChI=1S/C16H21BrF3N3O2/c1-15(2,3)25-14(24)22-11-4-6-23(7-5-11)13-12(16(18,19)20)8-10(17)9-21-13/h8-9,11H,4-7H2,1-3H3,(H,22,24). The smallest absolute Gasteiger partial charge is 0.419 e. The number of nitrogens with one attached hydrogen (secondary N) is 1. The van der Waals surface area contributed by atoms with Crippen LogP contribution < -0.4 is 10.2 Å². The number of ether oxygens (including phenoxy) is 1. The quantitative estimate of drug-likeness (QED) is 0.767. The molecule has 1 amide bonds. The van der Waals surface area contributed by atoms with Crippen LogP contribution in [0.5, 0.6) is 0 Å². The molecule has 1 N–H and O–H groups in total. The number of nitrogens with zero attached hydrogens (tertiary/aromatic N) is 2. The number of hydrogen-bond donors (Lipinski definition) is 1. The number of anilines is 1. The van der Waals surface area contributed by atoms with E-state index in [-0.39, 0.29) is 16.3 Å². The van der Waals surface area contributed by atoms with Crippen molar-refractivity contribution >= 4 is 27.8 Å². The zero-order valence-corrected chi connectivity index (χ0v) is 15.9. The van der Waals surface area contributed by atoms with Gasteiger partial charge in [0.2, 0.25) is 0 Å². The third kappa shape index (κ3) is 5.76. The molecule has 0 bridgehead atoms. The maximum absolute atomic E-state index is 13.2. The van der Waals surface area contributed by atoms with Crippen molar-refractivity contribution in [2.24, 2.45) is 0 Å². The summed E-state index contributed by atoms with van der Waals surface area (Å²) in [6, 6.07) is 0.906. The van der Waals surface area contributed by atoms with Crippen LogP contribution in [-0.4, -0.2) is 35.8 Å². The van der Waals surface area contributed by atoms with Gasteiger partial charge in [0.05, 0.1) is 5.56 Å². The highest BCUT2D eigenvalue weighted by Gasteiger charge is 2.37. The van der Waals surface area contributed by atoms with E-state index in [4.69, 9.17) is 4.74 Å². The highest BCUT2D eigenvalue weighted by Crippen LogP contribution is 2.37. The first-order chi connectivity index (χ1) is 11.5. The molecule has 0 unspecified atom stereocenters. The minimum atomic E-state index is -4.47. The van der Waals surface area contributed by atoms with Crippen LogP contribution in [-0.2, 0) is 10.9 Å². The molecular weight excluding hydrogens is 403 g/mol. The fourth-order valence-corrected chi connectivity index (χ4v) is 2.93. The number of piperidine rings is 1. The molecule has 1 aliphatic heterocycles. The molecule has 5 nitrogen and oxygen atoms in total. The molecule has 140 valence electrons. The van der Waals surface area contributed by atoms with Gasteiger partial charge in [-0.15, -0.1) is 0 Å². The summed E-state index contributed by atoms with van der Waals surface area (Å²) in [5.74, 6) is -0.0774. The number of carbonyl (C=O) groups excluding carboxylic acids is 1. The van der Waals surface area contributed by atoms with Crippen LogP contribution in [0.15, 0.2) is 16.7 Å². The summed E-state index contributed by atoms with van der Waals surface area (Å²) in [7, 11) is 0. The second-order valence-electron chi connectivity index (χ2n) is 6.93. The Morgan fingerprint density at radius 2 is 1.92 bits per heavy atom. The lowest BCUT2D eigenvalue weighted by Crippen LogP contribution is -2.46. The second kappa shape index (κ2) is 7.39. The second-order valence-corrected chi connectivity index (χ2v) is 7.85. The van der Waals surface area contributed by atoms with E-state index in [1.165, 1.54) is 6.20 Å². The molecule has 0 aromatic carbocycles. The first kappa shape index (κ1) is 19.8. The van der Waals surface area contributed by atoms with Crippen LogP contribution in [0.4, 0.5) is 23.8 Å². The Balaban J connectivity index is 2.00. The van der Waals surface area contributed by atoms with Crippen molar-refractivity contribution in [3.63, 3.8) is 0 Å². The van der Waals surface area contributed by atoms with Crippen LogP contribution in [0.3, 0.4) is 0 Å². The third-order valence-corrected chi connectivity index (χ3v) is 4.09. The number of aromatic nitrogens is 1. The van der Waals surface area contributed by atoms with E-state index in [0.29, 0.717) is 25.9 Å². The number of hydrogen-bond acceptors (Lipinski definition) is 4. The molecule has 25 heavy (non-hydrogen) atoms. The normalized spacial score (nSPS) is 16.7. The topological polar surface area (TPSA) is 54.5 Å². The van der Waals surface area contributed by atoms with Crippen molar-refractivity contribution in [3.05, 3.63) is 22.3 Å². The summed E-state index contributed by atoms with van der Waals surface area (Å²) < 4.78 is 45.2. The number of pyridine rings is 1. The van der Waals surface area contributed by atoms with Gasteiger partial charge < -0.3 is 15.0 Å². The van der Waals surface area contributed by atoms with Gasteiger partial charge in [-0.2, -0.15) is 13.2 Å². The molecular formula is C16H21BrF3N3O2. The molecule has 9 heteroatoms. The molecule has 1 aromatic heterocycles. The lowest BCUT2D eigenvalue weighted by Gasteiger charge is -2.34. The van der Waals surface area contributed by atoms with Gasteiger partial charge in [-0.1, -0.05) is 0 Å². The van der Waals surface area contributed by atoms with Gasteiger partial charge in [0.15, 0.2) is 0 Å². The predicted octanol–water partition coefficient (Wildman–Crippen LogP) is 4.36. The van der Waals surface area contributed by atoms with Crippen molar-refractivity contribution in [1.82, 2.24) is 10.3 Å². The maximum atomic E-state index is 13.2. The predicted molar refractivity (Wildman–Crippen MR) is 91.5 cm³/mol. The largest absolute Gasteiger partial charge is 0.444 e. The lowest BCUT2D eigenvalue weighted by molar-refractivity contribution is -0.137. The number of carbonyl (C=O) groups is 1. The number of rotatable bonds is 2. The van der Waals surface area contributed by atoms with Gasteiger partial charge in [-0.3, -0.25) is 0 Å². The summed E-state index contributed by atoms with van der Waals surface area (Å²) in [6.45, 7) is 6.06. The van der Waals surface area contributed by atoms with E-state index in [2.05, 4.69) is 26.2 Å². The monoisotopic (exact) mass is 423 g/mol. The van der Waals surface area contributed by atoms with E-state index >= 15 is 0 Å². The van der Waals surface area contributed by atoms with Gasteiger partial charge in [0.1, 0.15) is 11.4 Å². The van der Waals surface area contributed by atoms with E-state index in [9.17, 15) is 18.0 Å². The van der Waals surface area contributed by atoms with Crippen LogP contribution in [0, 0.1) is 0 Å². The van der Waals surface area contributed by atoms with Crippen molar-refractivity contribution in [1.29, 1.82) is 0 Å². The first-order valence-corrected chi connectivity index (χ1v) is 8.72. The average Bonchev–Trinajstić information content (AvgIpc) is 2.45. The number of alkyl carbamates (subject to hydrolysis) is 1. The van der Waals surface area contributed by atoms with Crippen molar-refractivity contribution in [3.8, 4) is 0 Å². The maximum Gasteiger partial charge on any atom is 0.419 e. The molecule has 0 radical (unpaired) electrons. The van der Waals surface area contributed by atoms with E-state index in [1.807, 2.05) is 0 Å². The number of halogens is 4. The molecule has 0 atom stereocenters. The lowest BCUT2D eigenvalue weighted by atomic mass is 10.0. The zero-order chi connectivity index (χ0) is 18.8. The molecule has 1 fully saturated rings. The average molecular weight is 424 g/mol. The Morgan fingerprint density at radius 3 is 2.44 bits per heavy atom. The minimum Gasteiger partial charge on any atom is -0.444 e. The zero-order valence-electron chi connectivity index (χ0n) is 14.3. The molecule has 1 aliphatic rings. The van der Waals surface area contributed by atoms with Crippen molar-refractivity contribution < 1.29 is 22.7 Å². The minimum absolute atomic E-state index is 0.0774. The number of amides is 1. The number of alkyl halides is 3. The van der Waals surface area contributed by atoms with Crippen molar-refractivity contribution in [2.45, 2.75) is 51.4 Å². The van der Waals surface area contributed by atoms with Gasteiger partial charge in [-0.05, 0) is 55.6 Å².